The fourth-order valence-corrected chi connectivity index (χ4v) is 3.14. The van der Waals surface area contributed by atoms with Crippen LogP contribution in [0.25, 0.3) is 10.6 Å². The molecule has 0 saturated carbocycles. The van der Waals surface area contributed by atoms with Crippen LogP contribution in [0.1, 0.15) is 15.4 Å². The van der Waals surface area contributed by atoms with Crippen molar-refractivity contribution < 1.29 is 9.32 Å². The molecule has 3 heterocycles. The summed E-state index contributed by atoms with van der Waals surface area (Å²) in [5.74, 6) is 0.427. The summed E-state index contributed by atoms with van der Waals surface area (Å²) in [7, 11) is 0. The highest BCUT2D eigenvalue weighted by Crippen LogP contribution is 2.24. The second kappa shape index (κ2) is 6.02. The standard InChI is InChI=1S/C14H12N2O2S2/c17-14(15-6-5-10-3-1-7-19-10)11-9-12(18-16-11)13-4-2-8-20-13/h1-4,7-9H,5-6H2,(H,15,17). The molecule has 20 heavy (non-hydrogen) atoms. The molecular weight excluding hydrogens is 292 g/mol. The summed E-state index contributed by atoms with van der Waals surface area (Å²) in [6.07, 6.45) is 0.832. The van der Waals surface area contributed by atoms with E-state index in [1.165, 1.54) is 4.88 Å². The van der Waals surface area contributed by atoms with Gasteiger partial charge in [-0.1, -0.05) is 17.3 Å². The van der Waals surface area contributed by atoms with Crippen LogP contribution in [0.2, 0.25) is 0 Å². The first-order valence-corrected chi connectivity index (χ1v) is 7.90. The lowest BCUT2D eigenvalue weighted by molar-refractivity contribution is 0.0945. The minimum atomic E-state index is -0.201. The molecule has 0 aliphatic rings. The lowest BCUT2D eigenvalue weighted by Crippen LogP contribution is -2.25. The Hall–Kier alpha value is -1.92. The van der Waals surface area contributed by atoms with Crippen molar-refractivity contribution in [1.29, 1.82) is 0 Å². The van der Waals surface area contributed by atoms with Gasteiger partial charge in [0.15, 0.2) is 11.5 Å². The van der Waals surface area contributed by atoms with E-state index in [-0.39, 0.29) is 5.91 Å². The Labute approximate surface area is 124 Å². The Morgan fingerprint density at radius 1 is 1.25 bits per heavy atom. The fourth-order valence-electron chi connectivity index (χ4n) is 1.76. The summed E-state index contributed by atoms with van der Waals surface area (Å²) in [6.45, 7) is 0.598. The maximum atomic E-state index is 11.9. The van der Waals surface area contributed by atoms with Crippen LogP contribution in [0.15, 0.2) is 45.6 Å². The zero-order chi connectivity index (χ0) is 13.8. The molecule has 0 aliphatic heterocycles. The summed E-state index contributed by atoms with van der Waals surface area (Å²) in [4.78, 5) is 14.2. The number of hydrogen-bond acceptors (Lipinski definition) is 5. The monoisotopic (exact) mass is 304 g/mol. The highest BCUT2D eigenvalue weighted by molar-refractivity contribution is 7.13. The molecule has 0 fully saturated rings. The Bertz CT molecular complexity index is 672. The van der Waals surface area contributed by atoms with Gasteiger partial charge in [0.2, 0.25) is 0 Å². The summed E-state index contributed by atoms with van der Waals surface area (Å²) >= 11 is 3.24. The van der Waals surface area contributed by atoms with Crippen molar-refractivity contribution in [2.75, 3.05) is 6.54 Å². The number of aromatic nitrogens is 1. The predicted molar refractivity (Wildman–Crippen MR) is 80.2 cm³/mol. The van der Waals surface area contributed by atoms with Crippen LogP contribution in [-0.4, -0.2) is 17.6 Å². The summed E-state index contributed by atoms with van der Waals surface area (Å²) in [6, 6.07) is 9.60. The van der Waals surface area contributed by atoms with Gasteiger partial charge in [0.05, 0.1) is 4.88 Å². The van der Waals surface area contributed by atoms with Crippen LogP contribution < -0.4 is 5.32 Å². The Morgan fingerprint density at radius 2 is 2.10 bits per heavy atom. The topological polar surface area (TPSA) is 55.1 Å². The largest absolute Gasteiger partial charge is 0.355 e. The van der Waals surface area contributed by atoms with Crippen LogP contribution in [-0.2, 0) is 6.42 Å². The van der Waals surface area contributed by atoms with E-state index in [1.54, 1.807) is 28.7 Å². The maximum Gasteiger partial charge on any atom is 0.273 e. The molecule has 0 unspecified atom stereocenters. The molecule has 1 amide bonds. The minimum Gasteiger partial charge on any atom is -0.355 e. The van der Waals surface area contributed by atoms with E-state index in [9.17, 15) is 4.79 Å². The second-order valence-electron chi connectivity index (χ2n) is 4.14. The van der Waals surface area contributed by atoms with Crippen LogP contribution in [0.5, 0.6) is 0 Å². The number of rotatable bonds is 5. The Kier molecular flexibility index (Phi) is 3.94. The first kappa shape index (κ1) is 13.1. The first-order valence-electron chi connectivity index (χ1n) is 6.14. The number of carbonyl (C=O) groups is 1. The fraction of sp³-hybridized carbons (Fsp3) is 0.143. The predicted octanol–water partition coefficient (Wildman–Crippen LogP) is 3.44. The molecule has 0 radical (unpaired) electrons. The normalized spacial score (nSPS) is 10.6. The van der Waals surface area contributed by atoms with Gasteiger partial charge in [-0.05, 0) is 29.3 Å². The number of nitrogens with one attached hydrogen (secondary N) is 1. The maximum absolute atomic E-state index is 11.9. The van der Waals surface area contributed by atoms with E-state index in [0.717, 1.165) is 11.3 Å². The Balaban J connectivity index is 1.57. The molecular formula is C14H12N2O2S2. The average molecular weight is 304 g/mol. The van der Waals surface area contributed by atoms with Gasteiger partial charge in [0.25, 0.3) is 5.91 Å². The Morgan fingerprint density at radius 3 is 2.85 bits per heavy atom. The quantitative estimate of drug-likeness (QED) is 0.785. The van der Waals surface area contributed by atoms with Crippen molar-refractivity contribution in [3.8, 4) is 10.6 Å². The molecule has 4 nitrogen and oxygen atoms in total. The molecule has 3 aromatic heterocycles. The van der Waals surface area contributed by atoms with Crippen molar-refractivity contribution >= 4 is 28.6 Å². The number of thiophene rings is 2. The highest BCUT2D eigenvalue weighted by atomic mass is 32.1. The summed E-state index contributed by atoms with van der Waals surface area (Å²) in [5, 5.41) is 10.6. The molecule has 0 bridgehead atoms. The molecule has 0 aliphatic carbocycles. The molecule has 102 valence electrons. The third kappa shape index (κ3) is 2.97. The van der Waals surface area contributed by atoms with Gasteiger partial charge in [-0.25, -0.2) is 0 Å². The van der Waals surface area contributed by atoms with Crippen molar-refractivity contribution in [3.05, 3.63) is 51.7 Å². The molecule has 0 aromatic carbocycles. The molecule has 0 saturated heterocycles. The van der Waals surface area contributed by atoms with Crippen molar-refractivity contribution in [3.63, 3.8) is 0 Å². The molecule has 1 N–H and O–H groups in total. The minimum absolute atomic E-state index is 0.201. The number of hydrogen-bond donors (Lipinski definition) is 1. The summed E-state index contributed by atoms with van der Waals surface area (Å²) in [5.41, 5.74) is 0.319. The van der Waals surface area contributed by atoms with Gasteiger partial charge < -0.3 is 9.84 Å². The molecule has 0 atom stereocenters. The number of nitrogens with zero attached hydrogens (tertiary/aromatic N) is 1. The van der Waals surface area contributed by atoms with Gasteiger partial charge in [0, 0.05) is 17.5 Å². The van der Waals surface area contributed by atoms with Crippen LogP contribution >= 0.6 is 22.7 Å². The highest BCUT2D eigenvalue weighted by Gasteiger charge is 2.13. The summed E-state index contributed by atoms with van der Waals surface area (Å²) < 4.78 is 5.18. The van der Waals surface area contributed by atoms with Crippen LogP contribution in [0.3, 0.4) is 0 Å². The molecule has 3 rings (SSSR count). The SMILES string of the molecule is O=C(NCCc1cccs1)c1cc(-c2cccs2)on1. The van der Waals surface area contributed by atoms with Crippen molar-refractivity contribution in [2.24, 2.45) is 0 Å². The molecule has 6 heteroatoms. The lowest BCUT2D eigenvalue weighted by Gasteiger charge is -2.00. The van der Waals surface area contributed by atoms with Gasteiger partial charge in [-0.15, -0.1) is 22.7 Å². The van der Waals surface area contributed by atoms with Crippen molar-refractivity contribution in [2.45, 2.75) is 6.42 Å². The van der Waals surface area contributed by atoms with E-state index in [4.69, 9.17) is 4.52 Å². The van der Waals surface area contributed by atoms with Crippen LogP contribution in [0.4, 0.5) is 0 Å². The smallest absolute Gasteiger partial charge is 0.273 e. The van der Waals surface area contributed by atoms with E-state index in [0.29, 0.717) is 18.0 Å². The van der Waals surface area contributed by atoms with Gasteiger partial charge in [-0.3, -0.25) is 4.79 Å². The number of amides is 1. The molecule has 3 aromatic rings. The zero-order valence-electron chi connectivity index (χ0n) is 10.5. The average Bonchev–Trinajstić information content (AvgIpc) is 3.20. The van der Waals surface area contributed by atoms with Gasteiger partial charge in [0.1, 0.15) is 0 Å². The van der Waals surface area contributed by atoms with E-state index in [1.807, 2.05) is 29.0 Å². The van der Waals surface area contributed by atoms with E-state index < -0.39 is 0 Å². The van der Waals surface area contributed by atoms with Gasteiger partial charge in [-0.2, -0.15) is 0 Å². The van der Waals surface area contributed by atoms with Crippen molar-refractivity contribution in [1.82, 2.24) is 10.5 Å². The third-order valence-corrected chi connectivity index (χ3v) is 4.56. The van der Waals surface area contributed by atoms with Gasteiger partial charge >= 0.3 is 0 Å². The number of carbonyl (C=O) groups excluding carboxylic acids is 1. The molecule has 0 spiro atoms. The lowest BCUT2D eigenvalue weighted by atomic mass is 10.3. The van der Waals surface area contributed by atoms with E-state index in [2.05, 4.69) is 16.5 Å². The van der Waals surface area contributed by atoms with E-state index >= 15 is 0 Å². The zero-order valence-corrected chi connectivity index (χ0v) is 12.2. The first-order chi connectivity index (χ1) is 9.83. The second-order valence-corrected chi connectivity index (χ2v) is 6.12. The van der Waals surface area contributed by atoms with Crippen LogP contribution in [0, 0.1) is 0 Å². The third-order valence-electron chi connectivity index (χ3n) is 2.74.